The van der Waals surface area contributed by atoms with Gasteiger partial charge in [-0.25, -0.2) is 0 Å². The fourth-order valence-electron chi connectivity index (χ4n) is 9.11. The summed E-state index contributed by atoms with van der Waals surface area (Å²) in [5.74, 6) is -0.981. The third-order valence-electron chi connectivity index (χ3n) is 13.9. The Hall–Kier alpha value is -3.41. The third-order valence-corrected chi connectivity index (χ3v) is 13.9. The maximum absolute atomic E-state index is 12.9. The van der Waals surface area contributed by atoms with Gasteiger partial charge in [-0.3, -0.25) is 14.4 Å². The number of hydrogen-bond acceptors (Lipinski definition) is 6. The Morgan fingerprint density at radius 1 is 0.280 bits per heavy atom. The van der Waals surface area contributed by atoms with Gasteiger partial charge in [0.05, 0.1) is 0 Å². The van der Waals surface area contributed by atoms with Gasteiger partial charge in [0.1, 0.15) is 13.2 Å². The van der Waals surface area contributed by atoms with Gasteiger partial charge in [0.25, 0.3) is 0 Å². The number of esters is 3. The van der Waals surface area contributed by atoms with Gasteiger partial charge in [-0.1, -0.05) is 298 Å². The van der Waals surface area contributed by atoms with Crippen LogP contribution in [0.15, 0.2) is 85.1 Å². The van der Waals surface area contributed by atoms with E-state index in [9.17, 15) is 14.4 Å². The average molecular weight is 1050 g/mol. The average Bonchev–Trinajstić information content (AvgIpc) is 3.41. The maximum Gasteiger partial charge on any atom is 0.306 e. The van der Waals surface area contributed by atoms with Gasteiger partial charge in [-0.15, -0.1) is 0 Å². The van der Waals surface area contributed by atoms with E-state index >= 15 is 0 Å². The zero-order chi connectivity index (χ0) is 54.3. The first-order chi connectivity index (χ1) is 37.0. The van der Waals surface area contributed by atoms with Crippen LogP contribution in [0.5, 0.6) is 0 Å². The summed E-state index contributed by atoms with van der Waals surface area (Å²) in [6, 6.07) is 0. The van der Waals surface area contributed by atoms with Crippen molar-refractivity contribution in [3.8, 4) is 0 Å². The number of ether oxygens (including phenoxy) is 3. The molecule has 0 aliphatic heterocycles. The molecule has 0 aliphatic carbocycles. The van der Waals surface area contributed by atoms with Crippen LogP contribution < -0.4 is 0 Å². The Bertz CT molecular complexity index is 1430. The van der Waals surface area contributed by atoms with Crippen molar-refractivity contribution in [2.75, 3.05) is 13.2 Å². The Morgan fingerprint density at radius 2 is 0.547 bits per heavy atom. The number of carbonyl (C=O) groups is 3. The SMILES string of the molecule is CC/C=C\C/C=C\C/C=C\C/C=C\C/C=C\C/C=C\CCC(=O)OC(COC(=O)CCCCCCCCC/C=C\CCCCCCCC)COC(=O)CCCCCCCCCCCCCCCCCCCCCCC. The fourth-order valence-corrected chi connectivity index (χ4v) is 9.11. The summed E-state index contributed by atoms with van der Waals surface area (Å²) >= 11 is 0. The lowest BCUT2D eigenvalue weighted by Crippen LogP contribution is -2.30. The Kier molecular flexibility index (Phi) is 60.3. The first-order valence-corrected chi connectivity index (χ1v) is 32.1. The van der Waals surface area contributed by atoms with Gasteiger partial charge in [0.2, 0.25) is 0 Å². The van der Waals surface area contributed by atoms with Gasteiger partial charge in [0, 0.05) is 19.3 Å². The van der Waals surface area contributed by atoms with Crippen molar-refractivity contribution in [3.05, 3.63) is 85.1 Å². The smallest absolute Gasteiger partial charge is 0.306 e. The summed E-state index contributed by atoms with van der Waals surface area (Å²) in [6.07, 6.45) is 83.2. The van der Waals surface area contributed by atoms with Crippen LogP contribution in [0.1, 0.15) is 316 Å². The lowest BCUT2D eigenvalue weighted by Gasteiger charge is -2.18. The number of unbranched alkanes of at least 4 members (excludes halogenated alkanes) is 33. The molecule has 0 radical (unpaired) electrons. The van der Waals surface area contributed by atoms with E-state index in [1.807, 2.05) is 6.08 Å². The predicted molar refractivity (Wildman–Crippen MR) is 325 cm³/mol. The van der Waals surface area contributed by atoms with Crippen LogP contribution in [0.25, 0.3) is 0 Å². The van der Waals surface area contributed by atoms with Crippen LogP contribution in [0.4, 0.5) is 0 Å². The van der Waals surface area contributed by atoms with E-state index in [1.165, 1.54) is 193 Å². The molecule has 0 spiro atoms. The highest BCUT2D eigenvalue weighted by molar-refractivity contribution is 5.71. The Morgan fingerprint density at radius 3 is 0.867 bits per heavy atom. The van der Waals surface area contributed by atoms with Gasteiger partial charge in [-0.05, 0) is 83.5 Å². The van der Waals surface area contributed by atoms with Gasteiger partial charge in [-0.2, -0.15) is 0 Å². The summed E-state index contributed by atoms with van der Waals surface area (Å²) in [5.41, 5.74) is 0. The molecule has 1 atom stereocenters. The van der Waals surface area contributed by atoms with Crippen molar-refractivity contribution < 1.29 is 28.6 Å². The largest absolute Gasteiger partial charge is 0.462 e. The number of hydrogen-bond donors (Lipinski definition) is 0. The van der Waals surface area contributed by atoms with E-state index in [0.29, 0.717) is 19.3 Å². The van der Waals surface area contributed by atoms with E-state index < -0.39 is 6.10 Å². The molecule has 75 heavy (non-hydrogen) atoms. The lowest BCUT2D eigenvalue weighted by molar-refractivity contribution is -0.166. The third kappa shape index (κ3) is 61.3. The highest BCUT2D eigenvalue weighted by atomic mass is 16.6. The zero-order valence-corrected chi connectivity index (χ0v) is 49.6. The molecule has 0 heterocycles. The monoisotopic (exact) mass is 1040 g/mol. The molecule has 0 aromatic rings. The standard InChI is InChI=1S/C69H120O6/c1-4-7-10-13-16-19-22-25-28-31-33-34-36-38-41-44-47-50-53-56-59-62-68(71)74-65-66(64-73-67(70)61-58-55-52-49-46-43-40-37-30-27-24-21-18-15-12-9-6-3)75-69(72)63-60-57-54-51-48-45-42-39-35-32-29-26-23-20-17-14-11-8-5-2/h8,11,17,20,26-27,29-30,35,39,45,48,54,57,66H,4-7,9-10,12-16,18-19,21-25,28,31-34,36-38,40-44,46-47,49-53,55-56,58-65H2,1-3H3/b11-8-,20-17-,29-26-,30-27-,39-35-,48-45-,57-54-. The predicted octanol–water partition coefficient (Wildman–Crippen LogP) is 21.9. The van der Waals surface area contributed by atoms with E-state index in [4.69, 9.17) is 14.2 Å². The van der Waals surface area contributed by atoms with Gasteiger partial charge >= 0.3 is 17.9 Å². The molecule has 0 saturated carbocycles. The van der Waals surface area contributed by atoms with Crippen molar-refractivity contribution in [2.45, 2.75) is 322 Å². The van der Waals surface area contributed by atoms with Crippen LogP contribution in [0.2, 0.25) is 0 Å². The summed E-state index contributed by atoms with van der Waals surface area (Å²) < 4.78 is 16.9. The maximum atomic E-state index is 12.9. The van der Waals surface area contributed by atoms with Crippen molar-refractivity contribution in [1.29, 1.82) is 0 Å². The molecule has 0 fully saturated rings. The van der Waals surface area contributed by atoms with Crippen LogP contribution in [0.3, 0.4) is 0 Å². The van der Waals surface area contributed by atoms with Crippen molar-refractivity contribution in [2.24, 2.45) is 0 Å². The molecule has 0 N–H and O–H groups in total. The highest BCUT2D eigenvalue weighted by Crippen LogP contribution is 2.17. The molecule has 1 unspecified atom stereocenters. The molecule has 432 valence electrons. The van der Waals surface area contributed by atoms with E-state index in [2.05, 4.69) is 99.8 Å². The van der Waals surface area contributed by atoms with E-state index in [-0.39, 0.29) is 37.5 Å². The second-order valence-electron chi connectivity index (χ2n) is 21.3. The molecular weight excluding hydrogens is 925 g/mol. The van der Waals surface area contributed by atoms with Crippen molar-refractivity contribution in [1.82, 2.24) is 0 Å². The second kappa shape index (κ2) is 63.1. The molecular formula is C69H120O6. The Labute approximate surface area is 465 Å². The molecule has 0 aromatic heterocycles. The minimum absolute atomic E-state index is 0.105. The molecule has 0 amide bonds. The second-order valence-corrected chi connectivity index (χ2v) is 21.3. The highest BCUT2D eigenvalue weighted by Gasteiger charge is 2.19. The number of allylic oxidation sites excluding steroid dienone is 14. The minimum Gasteiger partial charge on any atom is -0.462 e. The van der Waals surface area contributed by atoms with Crippen LogP contribution in [-0.2, 0) is 28.6 Å². The Balaban J connectivity index is 4.45. The van der Waals surface area contributed by atoms with Crippen molar-refractivity contribution in [3.63, 3.8) is 0 Å². The normalized spacial score (nSPS) is 12.6. The lowest BCUT2D eigenvalue weighted by atomic mass is 10.0. The molecule has 0 bridgehead atoms. The molecule has 0 aliphatic rings. The molecule has 6 heteroatoms. The number of rotatable bonds is 58. The topological polar surface area (TPSA) is 78.9 Å². The van der Waals surface area contributed by atoms with Crippen LogP contribution >= 0.6 is 0 Å². The molecule has 0 rings (SSSR count). The van der Waals surface area contributed by atoms with Crippen molar-refractivity contribution >= 4 is 17.9 Å². The zero-order valence-electron chi connectivity index (χ0n) is 49.6. The first-order valence-electron chi connectivity index (χ1n) is 32.1. The van der Waals surface area contributed by atoms with E-state index in [0.717, 1.165) is 77.0 Å². The fraction of sp³-hybridized carbons (Fsp3) is 0.754. The minimum atomic E-state index is -0.819. The number of carbonyl (C=O) groups excluding carboxylic acids is 3. The van der Waals surface area contributed by atoms with E-state index in [1.54, 1.807) is 0 Å². The van der Waals surface area contributed by atoms with Crippen LogP contribution in [0, 0.1) is 0 Å². The van der Waals surface area contributed by atoms with Gasteiger partial charge in [0.15, 0.2) is 6.10 Å². The first kappa shape index (κ1) is 71.6. The van der Waals surface area contributed by atoms with Gasteiger partial charge < -0.3 is 14.2 Å². The summed E-state index contributed by atoms with van der Waals surface area (Å²) in [6.45, 7) is 6.50. The molecule has 0 aromatic carbocycles. The summed E-state index contributed by atoms with van der Waals surface area (Å²) in [4.78, 5) is 38.3. The molecule has 6 nitrogen and oxygen atoms in total. The summed E-state index contributed by atoms with van der Waals surface area (Å²) in [5, 5.41) is 0. The van der Waals surface area contributed by atoms with Crippen LogP contribution in [-0.4, -0.2) is 37.2 Å². The molecule has 0 saturated heterocycles. The quantitative estimate of drug-likeness (QED) is 0.0261. The summed E-state index contributed by atoms with van der Waals surface area (Å²) in [7, 11) is 0.